The van der Waals surface area contributed by atoms with Crippen LogP contribution in [0.2, 0.25) is 0 Å². The first-order valence-electron chi connectivity index (χ1n) is 3.56. The summed E-state index contributed by atoms with van der Waals surface area (Å²) in [4.78, 5) is 3.76. The molecule has 0 atom stereocenters. The summed E-state index contributed by atoms with van der Waals surface area (Å²) in [6, 6.07) is 1.38. The van der Waals surface area contributed by atoms with Gasteiger partial charge in [0, 0.05) is 11.5 Å². The van der Waals surface area contributed by atoms with Crippen LogP contribution in [0.4, 0.5) is 8.78 Å². The van der Waals surface area contributed by atoms with Crippen molar-refractivity contribution in [2.24, 2.45) is 0 Å². The standard InChI is InChI=1S/C8H8BrF2NO/c1-13-8-6(7(10)11)2-5(3-9)4-12-8/h2,4,7H,3H2,1H3. The molecule has 0 saturated heterocycles. The Morgan fingerprint density at radius 2 is 2.31 bits per heavy atom. The Morgan fingerprint density at radius 1 is 1.62 bits per heavy atom. The molecule has 2 nitrogen and oxygen atoms in total. The van der Waals surface area contributed by atoms with Gasteiger partial charge in [-0.3, -0.25) is 0 Å². The molecule has 1 aromatic heterocycles. The van der Waals surface area contributed by atoms with Gasteiger partial charge >= 0.3 is 0 Å². The molecule has 0 aliphatic heterocycles. The lowest BCUT2D eigenvalue weighted by atomic mass is 10.2. The molecule has 0 saturated carbocycles. The van der Waals surface area contributed by atoms with Gasteiger partial charge < -0.3 is 4.74 Å². The van der Waals surface area contributed by atoms with Gasteiger partial charge in [-0.15, -0.1) is 0 Å². The van der Waals surface area contributed by atoms with Crippen molar-refractivity contribution in [3.8, 4) is 5.88 Å². The van der Waals surface area contributed by atoms with Crippen LogP contribution >= 0.6 is 15.9 Å². The van der Waals surface area contributed by atoms with Gasteiger partial charge in [0.05, 0.1) is 12.7 Å². The largest absolute Gasteiger partial charge is 0.481 e. The molecule has 0 N–H and O–H groups in total. The van der Waals surface area contributed by atoms with Crippen molar-refractivity contribution in [1.82, 2.24) is 4.98 Å². The van der Waals surface area contributed by atoms with Crippen molar-refractivity contribution in [2.75, 3.05) is 7.11 Å². The zero-order chi connectivity index (χ0) is 9.84. The smallest absolute Gasteiger partial charge is 0.269 e. The van der Waals surface area contributed by atoms with Gasteiger partial charge in [0.15, 0.2) is 0 Å². The predicted octanol–water partition coefficient (Wildman–Crippen LogP) is 2.92. The number of ether oxygens (including phenoxy) is 1. The van der Waals surface area contributed by atoms with E-state index < -0.39 is 6.43 Å². The van der Waals surface area contributed by atoms with Crippen molar-refractivity contribution in [1.29, 1.82) is 0 Å². The molecule has 0 radical (unpaired) electrons. The van der Waals surface area contributed by atoms with E-state index in [-0.39, 0.29) is 11.4 Å². The van der Waals surface area contributed by atoms with E-state index in [2.05, 4.69) is 20.9 Å². The maximum Gasteiger partial charge on any atom is 0.269 e. The lowest BCUT2D eigenvalue weighted by Gasteiger charge is -2.07. The first kappa shape index (κ1) is 10.4. The Labute approximate surface area is 83.1 Å². The fourth-order valence-electron chi connectivity index (χ4n) is 0.915. The summed E-state index contributed by atoms with van der Waals surface area (Å²) in [5, 5.41) is 0.504. The van der Waals surface area contributed by atoms with E-state index in [9.17, 15) is 8.78 Å². The third-order valence-corrected chi connectivity index (χ3v) is 2.17. The normalized spacial score (nSPS) is 10.5. The maximum absolute atomic E-state index is 12.4. The van der Waals surface area contributed by atoms with Crippen molar-refractivity contribution in [3.63, 3.8) is 0 Å². The van der Waals surface area contributed by atoms with Crippen LogP contribution < -0.4 is 4.74 Å². The van der Waals surface area contributed by atoms with Crippen LogP contribution in [0.3, 0.4) is 0 Å². The molecule has 0 aliphatic rings. The van der Waals surface area contributed by atoms with E-state index in [4.69, 9.17) is 4.74 Å². The van der Waals surface area contributed by atoms with Gasteiger partial charge in [0.2, 0.25) is 5.88 Å². The minimum absolute atomic E-state index is 0.0142. The Morgan fingerprint density at radius 3 is 2.77 bits per heavy atom. The summed E-state index contributed by atoms with van der Waals surface area (Å²) in [5.74, 6) is -0.0142. The second-order valence-corrected chi connectivity index (χ2v) is 2.94. The van der Waals surface area contributed by atoms with Gasteiger partial charge in [0.25, 0.3) is 6.43 Å². The SMILES string of the molecule is COc1ncc(CBr)cc1C(F)F. The maximum atomic E-state index is 12.4. The number of rotatable bonds is 3. The van der Waals surface area contributed by atoms with Crippen LogP contribution in [0.25, 0.3) is 0 Å². The molecule has 0 bridgehead atoms. The number of aromatic nitrogens is 1. The molecule has 13 heavy (non-hydrogen) atoms. The quantitative estimate of drug-likeness (QED) is 0.771. The minimum atomic E-state index is -2.55. The van der Waals surface area contributed by atoms with Crippen molar-refractivity contribution < 1.29 is 13.5 Å². The summed E-state index contributed by atoms with van der Waals surface area (Å²) >= 11 is 3.16. The van der Waals surface area contributed by atoms with Gasteiger partial charge in [-0.1, -0.05) is 15.9 Å². The molecule has 0 spiro atoms. The molecule has 1 aromatic rings. The Bertz CT molecular complexity index is 293. The predicted molar refractivity (Wildman–Crippen MR) is 48.4 cm³/mol. The first-order valence-corrected chi connectivity index (χ1v) is 4.68. The summed E-state index contributed by atoms with van der Waals surface area (Å²) in [7, 11) is 1.32. The average molecular weight is 252 g/mol. The number of hydrogen-bond donors (Lipinski definition) is 0. The van der Waals surface area contributed by atoms with E-state index in [1.807, 2.05) is 0 Å². The van der Waals surface area contributed by atoms with Gasteiger partial charge in [-0.2, -0.15) is 0 Å². The molecule has 0 aliphatic carbocycles. The number of hydrogen-bond acceptors (Lipinski definition) is 2. The first-order chi connectivity index (χ1) is 6.19. The molecule has 72 valence electrons. The second-order valence-electron chi connectivity index (χ2n) is 2.38. The van der Waals surface area contributed by atoms with Crippen molar-refractivity contribution in [3.05, 3.63) is 23.4 Å². The second kappa shape index (κ2) is 4.50. The van der Waals surface area contributed by atoms with Gasteiger partial charge in [-0.05, 0) is 11.6 Å². The number of alkyl halides is 3. The topological polar surface area (TPSA) is 22.1 Å². The zero-order valence-electron chi connectivity index (χ0n) is 6.93. The van der Waals surface area contributed by atoms with E-state index in [1.54, 1.807) is 0 Å². The molecular weight excluding hydrogens is 244 g/mol. The number of nitrogens with zero attached hydrogens (tertiary/aromatic N) is 1. The average Bonchev–Trinajstić information content (AvgIpc) is 2.16. The van der Waals surface area contributed by atoms with Crippen LogP contribution in [0.15, 0.2) is 12.3 Å². The van der Waals surface area contributed by atoms with Gasteiger partial charge in [0.1, 0.15) is 0 Å². The third kappa shape index (κ3) is 2.37. The minimum Gasteiger partial charge on any atom is -0.481 e. The number of methoxy groups -OCH3 is 1. The molecule has 5 heteroatoms. The summed E-state index contributed by atoms with van der Waals surface area (Å²) in [5.41, 5.74) is 0.538. The molecule has 0 unspecified atom stereocenters. The number of halogens is 3. The summed E-state index contributed by atoms with van der Waals surface area (Å²) < 4.78 is 29.5. The van der Waals surface area contributed by atoms with E-state index in [0.717, 1.165) is 0 Å². The fraction of sp³-hybridized carbons (Fsp3) is 0.375. The van der Waals surface area contributed by atoms with Crippen LogP contribution in [-0.2, 0) is 5.33 Å². The van der Waals surface area contributed by atoms with Crippen LogP contribution in [0.5, 0.6) is 5.88 Å². The monoisotopic (exact) mass is 251 g/mol. The fourth-order valence-corrected chi connectivity index (χ4v) is 1.22. The highest BCUT2D eigenvalue weighted by Crippen LogP contribution is 2.27. The highest BCUT2D eigenvalue weighted by atomic mass is 79.9. The van der Waals surface area contributed by atoms with Crippen LogP contribution in [-0.4, -0.2) is 12.1 Å². The van der Waals surface area contributed by atoms with Crippen molar-refractivity contribution >= 4 is 15.9 Å². The zero-order valence-corrected chi connectivity index (χ0v) is 8.51. The number of pyridine rings is 1. The molecule has 1 rings (SSSR count). The van der Waals surface area contributed by atoms with E-state index in [1.165, 1.54) is 19.4 Å². The highest BCUT2D eigenvalue weighted by Gasteiger charge is 2.15. The van der Waals surface area contributed by atoms with Gasteiger partial charge in [-0.25, -0.2) is 13.8 Å². The van der Waals surface area contributed by atoms with Crippen LogP contribution in [0, 0.1) is 0 Å². The lowest BCUT2D eigenvalue weighted by Crippen LogP contribution is -1.96. The Balaban J connectivity index is 3.10. The Hall–Kier alpha value is -0.710. The molecule has 0 amide bonds. The van der Waals surface area contributed by atoms with Crippen LogP contribution in [0.1, 0.15) is 17.6 Å². The van der Waals surface area contributed by atoms with E-state index in [0.29, 0.717) is 10.9 Å². The molecule has 0 aromatic carbocycles. The van der Waals surface area contributed by atoms with Crippen molar-refractivity contribution in [2.45, 2.75) is 11.8 Å². The van der Waals surface area contributed by atoms with E-state index >= 15 is 0 Å². The third-order valence-electron chi connectivity index (χ3n) is 1.52. The Kier molecular flexibility index (Phi) is 3.59. The summed E-state index contributed by atoms with van der Waals surface area (Å²) in [6.45, 7) is 0. The summed E-state index contributed by atoms with van der Waals surface area (Å²) in [6.07, 6.45) is -1.05. The molecule has 0 fully saturated rings. The lowest BCUT2D eigenvalue weighted by molar-refractivity contribution is 0.146. The highest BCUT2D eigenvalue weighted by molar-refractivity contribution is 9.08. The molecule has 1 heterocycles. The molecular formula is C8H8BrF2NO.